The van der Waals surface area contributed by atoms with Gasteiger partial charge in [-0.15, -0.1) is 0 Å². The van der Waals surface area contributed by atoms with Gasteiger partial charge in [0.15, 0.2) is 18.7 Å². The van der Waals surface area contributed by atoms with E-state index in [1.165, 1.54) is 11.1 Å². The van der Waals surface area contributed by atoms with Crippen molar-refractivity contribution in [3.8, 4) is 0 Å². The van der Waals surface area contributed by atoms with E-state index in [9.17, 15) is 40.5 Å². The monoisotopic (exact) mass is 806 g/mol. The Labute approximate surface area is 337 Å². The lowest BCUT2D eigenvalue weighted by molar-refractivity contribution is -0.367. The lowest BCUT2D eigenvalue weighted by atomic mass is 9.35. The van der Waals surface area contributed by atoms with E-state index in [0.29, 0.717) is 6.42 Å². The first-order chi connectivity index (χ1) is 26.5. The van der Waals surface area contributed by atoms with Crippen molar-refractivity contribution in [2.45, 2.75) is 187 Å². The molecule has 2 heterocycles. The van der Waals surface area contributed by atoms with E-state index in [0.717, 1.165) is 51.9 Å². The third-order valence-electron chi connectivity index (χ3n) is 17.1. The molecule has 0 spiro atoms. The van der Waals surface area contributed by atoms with E-state index >= 15 is 0 Å². The van der Waals surface area contributed by atoms with Gasteiger partial charge in [0, 0.05) is 23.2 Å². The number of esters is 1. The number of hydrogen-bond donors (Lipinski definition) is 7. The summed E-state index contributed by atoms with van der Waals surface area (Å²) in [5.74, 6) is -0.512. The summed E-state index contributed by atoms with van der Waals surface area (Å²) in [6.45, 7) is 18.2. The van der Waals surface area contributed by atoms with E-state index in [-0.39, 0.29) is 45.5 Å². The van der Waals surface area contributed by atoms with Gasteiger partial charge in [0.1, 0.15) is 36.6 Å². The van der Waals surface area contributed by atoms with Gasteiger partial charge in [-0.2, -0.15) is 0 Å². The van der Waals surface area contributed by atoms with Crippen LogP contribution in [0.3, 0.4) is 0 Å². The number of carbonyl (C=O) groups is 1. The highest BCUT2D eigenvalue weighted by Crippen LogP contribution is 2.74. The van der Waals surface area contributed by atoms with Crippen LogP contribution in [0.5, 0.6) is 0 Å². The molecule has 0 aromatic carbocycles. The molecule has 5 aliphatic carbocycles. The molecule has 0 aromatic rings. The molecule has 2 aliphatic heterocycles. The number of carbonyl (C=O) groups excluding carboxylic acids is 1. The Bertz CT molecular complexity index is 1600. The molecule has 0 aromatic heterocycles. The normalized spacial score (nSPS) is 53.3. The van der Waals surface area contributed by atoms with Crippen molar-refractivity contribution >= 4 is 5.97 Å². The van der Waals surface area contributed by atoms with Crippen LogP contribution in [0.1, 0.15) is 114 Å². The summed E-state index contributed by atoms with van der Waals surface area (Å²) in [5, 5.41) is 77.7. The van der Waals surface area contributed by atoms with Gasteiger partial charge in [-0.25, -0.2) is 0 Å². The second-order valence-electron chi connectivity index (χ2n) is 21.0. The van der Waals surface area contributed by atoms with Crippen molar-refractivity contribution in [3.63, 3.8) is 0 Å². The van der Waals surface area contributed by atoms with Gasteiger partial charge in [0.2, 0.25) is 0 Å². The maximum atomic E-state index is 12.0. The molecule has 2 saturated heterocycles. The van der Waals surface area contributed by atoms with E-state index in [2.05, 4.69) is 60.6 Å². The Morgan fingerprint density at radius 1 is 0.825 bits per heavy atom. The highest BCUT2D eigenvalue weighted by Gasteiger charge is 2.68. The van der Waals surface area contributed by atoms with Crippen molar-refractivity contribution in [3.05, 3.63) is 23.3 Å². The third-order valence-corrected chi connectivity index (χ3v) is 17.1. The van der Waals surface area contributed by atoms with Gasteiger partial charge in [-0.1, -0.05) is 66.2 Å². The number of hydrogen-bond acceptors (Lipinski definition) is 13. The zero-order valence-electron chi connectivity index (χ0n) is 35.4. The number of fused-ring (bicyclic) bond motifs is 6. The van der Waals surface area contributed by atoms with E-state index < -0.39 is 91.6 Å². The Balaban J connectivity index is 1.12. The van der Waals surface area contributed by atoms with Gasteiger partial charge in [0.25, 0.3) is 0 Å². The Hall–Kier alpha value is -1.49. The molecule has 5 fully saturated rings. The minimum absolute atomic E-state index is 0.0466. The summed E-state index contributed by atoms with van der Waals surface area (Å²) in [7, 11) is 0. The first-order valence-corrected chi connectivity index (χ1v) is 21.3. The predicted octanol–water partition coefficient (Wildman–Crippen LogP) is 3.28. The topological polar surface area (TPSA) is 205 Å². The number of ether oxygens (including phenoxy) is 5. The van der Waals surface area contributed by atoms with E-state index in [1.807, 2.05) is 0 Å². The molecule has 7 rings (SSSR count). The predicted molar refractivity (Wildman–Crippen MR) is 207 cm³/mol. The van der Waals surface area contributed by atoms with Crippen LogP contribution in [0, 0.1) is 44.3 Å². The Kier molecular flexibility index (Phi) is 11.4. The molecule has 7 aliphatic rings. The van der Waals surface area contributed by atoms with Gasteiger partial charge in [0.05, 0.1) is 31.5 Å². The Morgan fingerprint density at radius 3 is 2.16 bits per heavy atom. The molecule has 0 radical (unpaired) electrons. The maximum Gasteiger partial charge on any atom is 0.303 e. The van der Waals surface area contributed by atoms with Crippen molar-refractivity contribution in [2.24, 2.45) is 44.3 Å². The average molecular weight is 807 g/mol. The number of aliphatic hydroxyl groups is 7. The third kappa shape index (κ3) is 6.63. The molecule has 19 atom stereocenters. The summed E-state index contributed by atoms with van der Waals surface area (Å²) >= 11 is 0. The fraction of sp³-hybridized carbons (Fsp3) is 0.886. The van der Waals surface area contributed by atoms with Crippen molar-refractivity contribution < 1.29 is 64.2 Å². The standard InChI is InChI=1S/C44H70O13/c1-22-31(49)36(57-37-33(51)32(50)35(54-23(2)47)26(20-45)55-37)34(52)38(53-22)56-30-13-14-41(6)27(42(30,7)21-46)12-15-43(8)28(41)11-10-24-25-18-39(3,4)16-17-40(25,5)29(48)19-44(24,43)9/h10-11,22,26-38,45-46,48-52H,12-21H2,1-9H3/t22-,26-,27-,28-,29+,30+,31+,32-,33-,34-,35-,36+,37+,38+,40+,41+,42+,43-,44-/m1/s1. The quantitative estimate of drug-likeness (QED) is 0.146. The number of aliphatic hydroxyl groups excluding tert-OH is 7. The van der Waals surface area contributed by atoms with Crippen LogP contribution in [0.2, 0.25) is 0 Å². The summed E-state index contributed by atoms with van der Waals surface area (Å²) in [6, 6.07) is 0. The van der Waals surface area contributed by atoms with Crippen LogP contribution in [0.4, 0.5) is 0 Å². The summed E-state index contributed by atoms with van der Waals surface area (Å²) < 4.78 is 29.5. The van der Waals surface area contributed by atoms with Gasteiger partial charge >= 0.3 is 5.97 Å². The minimum Gasteiger partial charge on any atom is -0.457 e. The average Bonchev–Trinajstić information content (AvgIpc) is 3.14. The molecule has 0 amide bonds. The van der Waals surface area contributed by atoms with Crippen molar-refractivity contribution in [2.75, 3.05) is 13.2 Å². The largest absolute Gasteiger partial charge is 0.457 e. The fourth-order valence-corrected chi connectivity index (χ4v) is 13.2. The molecule has 7 N–H and O–H groups in total. The zero-order valence-corrected chi connectivity index (χ0v) is 35.4. The summed E-state index contributed by atoms with van der Waals surface area (Å²) in [5.41, 5.74) is 1.55. The van der Waals surface area contributed by atoms with Gasteiger partial charge in [-0.05, 0) is 91.9 Å². The van der Waals surface area contributed by atoms with Crippen LogP contribution >= 0.6 is 0 Å². The molecule has 0 unspecified atom stereocenters. The first-order valence-electron chi connectivity index (χ1n) is 21.3. The molecule has 13 nitrogen and oxygen atoms in total. The first kappa shape index (κ1) is 43.6. The van der Waals surface area contributed by atoms with Crippen LogP contribution in [0.25, 0.3) is 0 Å². The Morgan fingerprint density at radius 2 is 1.51 bits per heavy atom. The van der Waals surface area contributed by atoms with Crippen molar-refractivity contribution in [1.82, 2.24) is 0 Å². The minimum atomic E-state index is -1.75. The molecule has 3 saturated carbocycles. The SMILES string of the molecule is CC(=O)O[C@H]1[C@H](O)[C@@H](O)[C@H](O[C@H]2[C@@H](O)[C@@H](C)O[C@@H](O[C@H]3CC[C@@]4(C)[C@@H](CC[C@]5(C)[C@@H]4C=CC4=C6CC(C)(C)CC[C@]6(C)[C@@H](O)C[C@]45C)[C@]3(C)CO)[C@@H]2O)O[C@@H]1CO. The number of rotatable bonds is 7. The second kappa shape index (κ2) is 14.9. The number of allylic oxidation sites excluding steroid dienone is 3. The smallest absolute Gasteiger partial charge is 0.303 e. The molecule has 57 heavy (non-hydrogen) atoms. The fourth-order valence-electron chi connectivity index (χ4n) is 13.2. The van der Waals surface area contributed by atoms with Gasteiger partial charge in [-0.3, -0.25) is 4.79 Å². The zero-order chi connectivity index (χ0) is 41.8. The summed E-state index contributed by atoms with van der Waals surface area (Å²) in [6.07, 6.45) is -3.34. The van der Waals surface area contributed by atoms with Crippen LogP contribution in [-0.4, -0.2) is 129 Å². The lowest BCUT2D eigenvalue weighted by Gasteiger charge is -2.70. The van der Waals surface area contributed by atoms with Gasteiger partial charge < -0.3 is 59.4 Å². The van der Waals surface area contributed by atoms with Crippen LogP contribution in [0.15, 0.2) is 23.3 Å². The highest BCUT2D eigenvalue weighted by atomic mass is 16.7. The molecule has 13 heteroatoms. The van der Waals surface area contributed by atoms with E-state index in [4.69, 9.17) is 23.7 Å². The van der Waals surface area contributed by atoms with Crippen LogP contribution in [-0.2, 0) is 28.5 Å². The second-order valence-corrected chi connectivity index (χ2v) is 21.0. The molecule has 0 bridgehead atoms. The maximum absolute atomic E-state index is 12.0. The highest BCUT2D eigenvalue weighted by molar-refractivity contribution is 5.66. The summed E-state index contributed by atoms with van der Waals surface area (Å²) in [4.78, 5) is 11.6. The molecule has 324 valence electrons. The molecular formula is C44H70O13. The van der Waals surface area contributed by atoms with Crippen LogP contribution < -0.4 is 0 Å². The lowest BCUT2D eigenvalue weighted by Crippen LogP contribution is -2.67. The van der Waals surface area contributed by atoms with E-state index in [1.54, 1.807) is 6.92 Å². The molecular weight excluding hydrogens is 736 g/mol. The van der Waals surface area contributed by atoms with Crippen molar-refractivity contribution in [1.29, 1.82) is 0 Å².